The Bertz CT molecular complexity index is 1320. The molecule has 5 rings (SSSR count). The van der Waals surface area contributed by atoms with Crippen LogP contribution in [0.25, 0.3) is 10.8 Å². The van der Waals surface area contributed by atoms with E-state index in [9.17, 15) is 9.59 Å². The van der Waals surface area contributed by atoms with E-state index in [4.69, 9.17) is 18.9 Å². The minimum Gasteiger partial charge on any atom is -0.484 e. The molecule has 3 aromatic rings. The number of benzene rings is 3. The number of fused-ring (bicyclic) bond motifs is 2. The van der Waals surface area contributed by atoms with E-state index in [0.29, 0.717) is 22.7 Å². The lowest BCUT2D eigenvalue weighted by atomic mass is 9.75. The molecule has 7 heteroatoms. The number of nitrogens with one attached hydrogen (secondary N) is 1. The van der Waals surface area contributed by atoms with Crippen LogP contribution in [0.2, 0.25) is 0 Å². The van der Waals surface area contributed by atoms with Gasteiger partial charge in [-0.25, -0.2) is 0 Å². The summed E-state index contributed by atoms with van der Waals surface area (Å²) in [6.07, 6.45) is 4.45. The van der Waals surface area contributed by atoms with Gasteiger partial charge in [-0.2, -0.15) is 0 Å². The number of ether oxygens (including phenoxy) is 4. The second-order valence-corrected chi connectivity index (χ2v) is 11.0. The molecule has 1 heterocycles. The summed E-state index contributed by atoms with van der Waals surface area (Å²) in [6, 6.07) is 17.9. The van der Waals surface area contributed by atoms with Crippen molar-refractivity contribution in [3.05, 3.63) is 65.7 Å². The number of methoxy groups -OCH3 is 1. The third kappa shape index (κ3) is 6.04. The molecule has 1 aliphatic heterocycles. The van der Waals surface area contributed by atoms with Gasteiger partial charge >= 0.3 is 5.97 Å². The molecule has 1 N–H and O–H groups in total. The van der Waals surface area contributed by atoms with Crippen molar-refractivity contribution in [1.29, 1.82) is 0 Å². The van der Waals surface area contributed by atoms with Gasteiger partial charge in [-0.3, -0.25) is 9.59 Å². The number of carbonyl (C=O) groups excluding carboxylic acids is 2. The van der Waals surface area contributed by atoms with E-state index in [-0.39, 0.29) is 43.7 Å². The Balaban J connectivity index is 1.31. The number of amides is 1. The maximum Gasteiger partial charge on any atom is 0.306 e. The third-order valence-corrected chi connectivity index (χ3v) is 7.71. The highest BCUT2D eigenvalue weighted by atomic mass is 16.7. The summed E-state index contributed by atoms with van der Waals surface area (Å²) in [6.45, 7) is 4.74. The zero-order chi connectivity index (χ0) is 26.7. The second-order valence-electron chi connectivity index (χ2n) is 11.0. The van der Waals surface area contributed by atoms with Crippen LogP contribution in [0.5, 0.6) is 17.2 Å². The molecule has 0 bridgehead atoms. The van der Waals surface area contributed by atoms with Crippen LogP contribution in [0.3, 0.4) is 0 Å². The van der Waals surface area contributed by atoms with Crippen molar-refractivity contribution in [3.63, 3.8) is 0 Å². The highest BCUT2D eigenvalue weighted by Crippen LogP contribution is 2.39. The molecule has 1 amide bonds. The zero-order valence-corrected chi connectivity index (χ0v) is 22.3. The van der Waals surface area contributed by atoms with Gasteiger partial charge in [0.05, 0.1) is 13.5 Å². The van der Waals surface area contributed by atoms with Gasteiger partial charge in [0.25, 0.3) is 5.91 Å². The first-order valence-electron chi connectivity index (χ1n) is 13.2. The van der Waals surface area contributed by atoms with Gasteiger partial charge in [0.15, 0.2) is 18.1 Å². The van der Waals surface area contributed by atoms with E-state index >= 15 is 0 Å². The molecule has 1 aliphatic carbocycles. The van der Waals surface area contributed by atoms with Gasteiger partial charge in [-0.1, -0.05) is 44.2 Å². The van der Waals surface area contributed by atoms with Crippen molar-refractivity contribution in [3.8, 4) is 17.2 Å². The molecule has 0 spiro atoms. The van der Waals surface area contributed by atoms with Crippen LogP contribution < -0.4 is 19.5 Å². The monoisotopic (exact) mass is 517 g/mol. The van der Waals surface area contributed by atoms with Gasteiger partial charge in [0, 0.05) is 12.0 Å². The molecule has 7 nitrogen and oxygen atoms in total. The number of hydrogen-bond donors (Lipinski definition) is 1. The fraction of sp³-hybridized carbons (Fsp3) is 0.419. The van der Waals surface area contributed by atoms with Crippen LogP contribution in [0.1, 0.15) is 63.0 Å². The van der Waals surface area contributed by atoms with E-state index in [2.05, 4.69) is 25.2 Å². The summed E-state index contributed by atoms with van der Waals surface area (Å²) in [4.78, 5) is 24.8. The Labute approximate surface area is 223 Å². The van der Waals surface area contributed by atoms with Crippen LogP contribution in [-0.2, 0) is 14.3 Å². The first-order chi connectivity index (χ1) is 18.3. The highest BCUT2D eigenvalue weighted by Gasteiger charge is 2.27. The third-order valence-electron chi connectivity index (χ3n) is 7.71. The number of carbonyl (C=O) groups is 2. The summed E-state index contributed by atoms with van der Waals surface area (Å²) in [5.74, 6) is 1.38. The van der Waals surface area contributed by atoms with Crippen LogP contribution in [-0.4, -0.2) is 38.4 Å². The van der Waals surface area contributed by atoms with Gasteiger partial charge in [-0.15, -0.1) is 0 Å². The predicted molar refractivity (Wildman–Crippen MR) is 145 cm³/mol. The summed E-state index contributed by atoms with van der Waals surface area (Å²) in [5.41, 5.74) is 2.27. The summed E-state index contributed by atoms with van der Waals surface area (Å²) < 4.78 is 21.9. The average Bonchev–Trinajstić information content (AvgIpc) is 3.39. The molecule has 200 valence electrons. The predicted octanol–water partition coefficient (Wildman–Crippen LogP) is 5.73. The first-order valence-corrected chi connectivity index (χ1v) is 13.2. The fourth-order valence-electron chi connectivity index (χ4n) is 5.32. The first kappa shape index (κ1) is 25.9. The molecule has 1 fully saturated rings. The molecule has 0 aromatic heterocycles. The second kappa shape index (κ2) is 10.9. The minimum atomic E-state index is -0.294. The molecule has 1 atom stereocenters. The van der Waals surface area contributed by atoms with Gasteiger partial charge in [-0.05, 0) is 77.3 Å². The van der Waals surface area contributed by atoms with Crippen molar-refractivity contribution in [2.45, 2.75) is 57.9 Å². The van der Waals surface area contributed by atoms with Crippen LogP contribution in [0.4, 0.5) is 0 Å². The van der Waals surface area contributed by atoms with Crippen LogP contribution >= 0.6 is 0 Å². The summed E-state index contributed by atoms with van der Waals surface area (Å²) >= 11 is 0. The van der Waals surface area contributed by atoms with Gasteiger partial charge in [0.1, 0.15) is 5.75 Å². The Morgan fingerprint density at radius 2 is 1.66 bits per heavy atom. The van der Waals surface area contributed by atoms with E-state index in [1.54, 1.807) is 0 Å². The minimum absolute atomic E-state index is 0.0206. The van der Waals surface area contributed by atoms with Crippen molar-refractivity contribution in [2.24, 2.45) is 5.41 Å². The van der Waals surface area contributed by atoms with Crippen molar-refractivity contribution in [2.75, 3.05) is 20.5 Å². The molecule has 2 aliphatic rings. The average molecular weight is 518 g/mol. The number of esters is 1. The molecular formula is C31H35NO6. The molecule has 0 radical (unpaired) electrons. The van der Waals surface area contributed by atoms with E-state index in [0.717, 1.165) is 47.6 Å². The maximum atomic E-state index is 12.5. The van der Waals surface area contributed by atoms with E-state index in [1.807, 2.05) is 48.5 Å². The lowest BCUT2D eigenvalue weighted by Gasteiger charge is -2.34. The highest BCUT2D eigenvalue weighted by molar-refractivity contribution is 5.85. The Hall–Kier alpha value is -3.74. The van der Waals surface area contributed by atoms with Crippen LogP contribution in [0, 0.1) is 5.41 Å². The number of rotatable bonds is 8. The largest absolute Gasteiger partial charge is 0.484 e. The van der Waals surface area contributed by atoms with Crippen molar-refractivity contribution >= 4 is 22.6 Å². The normalized spacial score (nSPS) is 17.1. The molecule has 1 unspecified atom stereocenters. The topological polar surface area (TPSA) is 83.1 Å². The molecule has 38 heavy (non-hydrogen) atoms. The molecule has 1 saturated carbocycles. The fourth-order valence-corrected chi connectivity index (χ4v) is 5.32. The number of hydrogen-bond acceptors (Lipinski definition) is 6. The standard InChI is InChI=1S/C31H35NO6/c1-31(2)12-10-24(11-13-31)32-29(33)18-36-25-8-6-20-4-5-21(14-23(20)15-25)26(17-30(34)35-3)22-7-9-27-28(16-22)38-19-37-27/h4-9,14-16,24,26H,10-13,17-19H2,1-3H3,(H,32,33). The molecular weight excluding hydrogens is 482 g/mol. The van der Waals surface area contributed by atoms with E-state index in [1.165, 1.54) is 7.11 Å². The van der Waals surface area contributed by atoms with Crippen molar-refractivity contribution < 1.29 is 28.5 Å². The molecule has 0 saturated heterocycles. The molecule has 3 aromatic carbocycles. The Morgan fingerprint density at radius 1 is 0.947 bits per heavy atom. The van der Waals surface area contributed by atoms with Gasteiger partial charge < -0.3 is 24.3 Å². The summed E-state index contributed by atoms with van der Waals surface area (Å²) in [7, 11) is 1.40. The lowest BCUT2D eigenvalue weighted by Crippen LogP contribution is -2.41. The lowest BCUT2D eigenvalue weighted by molar-refractivity contribution is -0.140. The van der Waals surface area contributed by atoms with Crippen LogP contribution in [0.15, 0.2) is 54.6 Å². The van der Waals surface area contributed by atoms with Crippen molar-refractivity contribution in [1.82, 2.24) is 5.32 Å². The Morgan fingerprint density at radius 3 is 2.45 bits per heavy atom. The quantitative estimate of drug-likeness (QED) is 0.385. The Kier molecular flexibility index (Phi) is 7.45. The SMILES string of the molecule is COC(=O)CC(c1ccc2c(c1)OCO2)c1ccc2ccc(OCC(=O)NC3CCC(C)(C)CC3)cc2c1. The van der Waals surface area contributed by atoms with E-state index < -0.39 is 0 Å². The summed E-state index contributed by atoms with van der Waals surface area (Å²) in [5, 5.41) is 5.12. The maximum absolute atomic E-state index is 12.5. The smallest absolute Gasteiger partial charge is 0.306 e. The van der Waals surface area contributed by atoms with Gasteiger partial charge in [0.2, 0.25) is 6.79 Å². The zero-order valence-electron chi connectivity index (χ0n) is 22.3.